The fourth-order valence-electron chi connectivity index (χ4n) is 1.89. The summed E-state index contributed by atoms with van der Waals surface area (Å²) in [6.07, 6.45) is 4.26. The van der Waals surface area contributed by atoms with E-state index in [1.165, 1.54) is 0 Å². The van der Waals surface area contributed by atoms with Gasteiger partial charge in [-0.25, -0.2) is 0 Å². The zero-order chi connectivity index (χ0) is 10.2. The highest BCUT2D eigenvalue weighted by Gasteiger charge is 2.36. The molecule has 1 aliphatic carbocycles. The minimum Gasteiger partial charge on any atom is -0.337 e. The first-order valence-corrected chi connectivity index (χ1v) is 5.25. The predicted molar refractivity (Wildman–Crippen MR) is 52.7 cm³/mol. The summed E-state index contributed by atoms with van der Waals surface area (Å²) in [5, 5.41) is 3.94. The highest BCUT2D eigenvalue weighted by molar-refractivity contribution is 5.05. The van der Waals surface area contributed by atoms with E-state index in [9.17, 15) is 0 Å². The number of nitrogens with two attached hydrogens (primary N) is 1. The molecule has 0 aromatic carbocycles. The molecule has 1 heterocycles. The van der Waals surface area contributed by atoms with Crippen LogP contribution in [0.2, 0.25) is 0 Å². The van der Waals surface area contributed by atoms with Crippen LogP contribution < -0.4 is 5.73 Å². The maximum atomic E-state index is 6.20. The van der Waals surface area contributed by atoms with Crippen molar-refractivity contribution in [2.75, 3.05) is 0 Å². The monoisotopic (exact) mass is 195 g/mol. The first-order chi connectivity index (χ1) is 6.62. The van der Waals surface area contributed by atoms with Gasteiger partial charge in [0.15, 0.2) is 5.82 Å². The lowest BCUT2D eigenvalue weighted by Gasteiger charge is -2.17. The molecule has 1 fully saturated rings. The van der Waals surface area contributed by atoms with E-state index in [1.807, 2.05) is 13.8 Å². The Morgan fingerprint density at radius 2 is 2.00 bits per heavy atom. The third-order valence-corrected chi connectivity index (χ3v) is 2.88. The van der Waals surface area contributed by atoms with Crippen LogP contribution in [-0.4, -0.2) is 10.1 Å². The molecule has 0 aliphatic heterocycles. The van der Waals surface area contributed by atoms with Crippen LogP contribution in [0.1, 0.15) is 57.2 Å². The molecule has 0 spiro atoms. The van der Waals surface area contributed by atoms with Crippen molar-refractivity contribution in [3.8, 4) is 0 Å². The second-order valence-electron chi connectivity index (χ2n) is 4.48. The molecule has 4 nitrogen and oxygen atoms in total. The summed E-state index contributed by atoms with van der Waals surface area (Å²) in [4.78, 5) is 4.36. The van der Waals surface area contributed by atoms with Gasteiger partial charge in [0, 0.05) is 5.92 Å². The molecule has 0 saturated heterocycles. The topological polar surface area (TPSA) is 64.9 Å². The second-order valence-corrected chi connectivity index (χ2v) is 4.48. The molecule has 14 heavy (non-hydrogen) atoms. The Morgan fingerprint density at radius 3 is 2.50 bits per heavy atom. The third kappa shape index (κ3) is 1.54. The van der Waals surface area contributed by atoms with Crippen molar-refractivity contribution in [2.45, 2.75) is 51.0 Å². The largest absolute Gasteiger partial charge is 0.337 e. The molecule has 4 heteroatoms. The van der Waals surface area contributed by atoms with E-state index in [0.29, 0.717) is 11.8 Å². The number of hydrogen-bond donors (Lipinski definition) is 1. The van der Waals surface area contributed by atoms with Crippen LogP contribution >= 0.6 is 0 Å². The zero-order valence-corrected chi connectivity index (χ0v) is 8.79. The van der Waals surface area contributed by atoms with E-state index in [4.69, 9.17) is 10.3 Å². The van der Waals surface area contributed by atoms with Crippen molar-refractivity contribution in [1.29, 1.82) is 0 Å². The molecule has 1 saturated carbocycles. The quantitative estimate of drug-likeness (QED) is 0.783. The molecule has 2 N–H and O–H groups in total. The van der Waals surface area contributed by atoms with Crippen molar-refractivity contribution in [1.82, 2.24) is 10.1 Å². The van der Waals surface area contributed by atoms with Gasteiger partial charge in [0.1, 0.15) is 0 Å². The van der Waals surface area contributed by atoms with Crippen molar-refractivity contribution >= 4 is 0 Å². The molecular formula is C10H17N3O. The molecule has 0 atom stereocenters. The average molecular weight is 195 g/mol. The van der Waals surface area contributed by atoms with Crippen molar-refractivity contribution in [3.63, 3.8) is 0 Å². The van der Waals surface area contributed by atoms with Crippen LogP contribution in [0.15, 0.2) is 4.52 Å². The Balaban J connectivity index is 2.23. The van der Waals surface area contributed by atoms with Crippen molar-refractivity contribution in [2.24, 2.45) is 5.73 Å². The third-order valence-electron chi connectivity index (χ3n) is 2.88. The maximum absolute atomic E-state index is 6.20. The summed E-state index contributed by atoms with van der Waals surface area (Å²) in [6, 6.07) is 0. The molecule has 0 bridgehead atoms. The Bertz CT molecular complexity index is 313. The van der Waals surface area contributed by atoms with Crippen LogP contribution in [0.4, 0.5) is 0 Å². The summed E-state index contributed by atoms with van der Waals surface area (Å²) < 4.78 is 5.23. The van der Waals surface area contributed by atoms with E-state index in [-0.39, 0.29) is 5.54 Å². The standard InChI is InChI=1S/C10H17N3O/c1-7(2)8-12-9(14-13-8)10(11)5-3-4-6-10/h7H,3-6,11H2,1-2H3. The van der Waals surface area contributed by atoms with E-state index >= 15 is 0 Å². The van der Waals surface area contributed by atoms with Gasteiger partial charge in [-0.2, -0.15) is 4.98 Å². The molecule has 0 radical (unpaired) electrons. The molecule has 78 valence electrons. The minimum atomic E-state index is -0.347. The van der Waals surface area contributed by atoms with Gasteiger partial charge in [-0.15, -0.1) is 0 Å². The highest BCUT2D eigenvalue weighted by Crippen LogP contribution is 2.35. The lowest BCUT2D eigenvalue weighted by molar-refractivity contribution is 0.283. The maximum Gasteiger partial charge on any atom is 0.246 e. The van der Waals surface area contributed by atoms with Gasteiger partial charge < -0.3 is 10.3 Å². The summed E-state index contributed by atoms with van der Waals surface area (Å²) in [7, 11) is 0. The average Bonchev–Trinajstić information content (AvgIpc) is 2.71. The van der Waals surface area contributed by atoms with Gasteiger partial charge in [-0.3, -0.25) is 0 Å². The highest BCUT2D eigenvalue weighted by atomic mass is 16.5. The molecule has 0 amide bonds. The van der Waals surface area contributed by atoms with Crippen LogP contribution in [0.25, 0.3) is 0 Å². The van der Waals surface area contributed by atoms with Crippen LogP contribution in [0, 0.1) is 0 Å². The van der Waals surface area contributed by atoms with Gasteiger partial charge in [-0.05, 0) is 12.8 Å². The molecule has 1 aliphatic rings. The van der Waals surface area contributed by atoms with E-state index in [0.717, 1.165) is 31.5 Å². The van der Waals surface area contributed by atoms with Crippen molar-refractivity contribution in [3.05, 3.63) is 11.7 Å². The first-order valence-electron chi connectivity index (χ1n) is 5.25. The van der Waals surface area contributed by atoms with Gasteiger partial charge in [-0.1, -0.05) is 31.8 Å². The minimum absolute atomic E-state index is 0.303. The predicted octanol–water partition coefficient (Wildman–Crippen LogP) is 1.92. The van der Waals surface area contributed by atoms with E-state index in [2.05, 4.69) is 10.1 Å². The number of rotatable bonds is 2. The van der Waals surface area contributed by atoms with Gasteiger partial charge in [0.25, 0.3) is 0 Å². The Hall–Kier alpha value is -0.900. The van der Waals surface area contributed by atoms with Crippen LogP contribution in [0.3, 0.4) is 0 Å². The van der Waals surface area contributed by atoms with Gasteiger partial charge in [0.2, 0.25) is 5.89 Å². The Morgan fingerprint density at radius 1 is 1.36 bits per heavy atom. The zero-order valence-electron chi connectivity index (χ0n) is 8.79. The van der Waals surface area contributed by atoms with E-state index < -0.39 is 0 Å². The summed E-state index contributed by atoms with van der Waals surface area (Å²) in [5.74, 6) is 1.69. The van der Waals surface area contributed by atoms with Gasteiger partial charge >= 0.3 is 0 Å². The number of aromatic nitrogens is 2. The molecule has 1 aromatic rings. The Kier molecular flexibility index (Phi) is 2.31. The summed E-state index contributed by atoms with van der Waals surface area (Å²) >= 11 is 0. The van der Waals surface area contributed by atoms with Gasteiger partial charge in [0.05, 0.1) is 5.54 Å². The SMILES string of the molecule is CC(C)c1noc(C2(N)CCCC2)n1. The second kappa shape index (κ2) is 3.35. The molecule has 0 unspecified atom stereocenters. The lowest BCUT2D eigenvalue weighted by atomic mass is 9.99. The van der Waals surface area contributed by atoms with Crippen LogP contribution in [-0.2, 0) is 5.54 Å². The normalized spacial score (nSPS) is 20.6. The lowest BCUT2D eigenvalue weighted by Crippen LogP contribution is -2.33. The molecular weight excluding hydrogens is 178 g/mol. The fourth-order valence-corrected chi connectivity index (χ4v) is 1.89. The Labute approximate surface area is 83.9 Å². The van der Waals surface area contributed by atoms with Crippen LogP contribution in [0.5, 0.6) is 0 Å². The van der Waals surface area contributed by atoms with Crippen molar-refractivity contribution < 1.29 is 4.52 Å². The smallest absolute Gasteiger partial charge is 0.246 e. The summed E-state index contributed by atoms with van der Waals surface area (Å²) in [5.41, 5.74) is 5.85. The van der Waals surface area contributed by atoms with E-state index in [1.54, 1.807) is 0 Å². The molecule has 2 rings (SSSR count). The first kappa shape index (κ1) is 9.65. The molecule has 1 aromatic heterocycles. The fraction of sp³-hybridized carbons (Fsp3) is 0.800. The number of hydrogen-bond acceptors (Lipinski definition) is 4. The summed E-state index contributed by atoms with van der Waals surface area (Å²) in [6.45, 7) is 4.10. The number of nitrogens with zero attached hydrogens (tertiary/aromatic N) is 2.